The highest BCUT2D eigenvalue weighted by molar-refractivity contribution is 9.11. The molecule has 7 nitrogen and oxygen atoms in total. The predicted octanol–water partition coefficient (Wildman–Crippen LogP) is 1.48. The molecule has 1 aromatic rings. The minimum absolute atomic E-state index is 0.0314. The Balaban J connectivity index is 2.82. The highest BCUT2D eigenvalue weighted by atomic mass is 79.9. The number of benzene rings is 1. The fraction of sp³-hybridized carbons (Fsp3) is 0.182. The number of rotatable bonds is 3. The van der Waals surface area contributed by atoms with E-state index in [1.807, 2.05) is 0 Å². The standard InChI is InChI=1S/C11H11Br2N3O4/c1-2-20-11(19)9(14)15-16-10(18)5-3-6(12)8(17)7(13)4-5/h3-4,17H,2H2,1H3,(H2,14,15)(H,16,18). The van der Waals surface area contributed by atoms with E-state index in [0.29, 0.717) is 8.95 Å². The van der Waals surface area contributed by atoms with Gasteiger partial charge in [-0.3, -0.25) is 4.79 Å². The molecular formula is C11H11Br2N3O4. The third-order valence-electron chi connectivity index (χ3n) is 2.04. The van der Waals surface area contributed by atoms with E-state index in [4.69, 9.17) is 5.73 Å². The first-order valence-corrected chi connectivity index (χ1v) is 6.94. The summed E-state index contributed by atoms with van der Waals surface area (Å²) in [6.07, 6.45) is 0. The average Bonchev–Trinajstić information content (AvgIpc) is 2.41. The van der Waals surface area contributed by atoms with Gasteiger partial charge >= 0.3 is 5.97 Å². The molecule has 0 atom stereocenters. The van der Waals surface area contributed by atoms with Gasteiger partial charge < -0.3 is 15.6 Å². The van der Waals surface area contributed by atoms with E-state index < -0.39 is 17.7 Å². The molecule has 0 unspecified atom stereocenters. The van der Waals surface area contributed by atoms with Gasteiger partial charge in [0, 0.05) is 5.56 Å². The molecule has 0 aliphatic heterocycles. The summed E-state index contributed by atoms with van der Waals surface area (Å²) < 4.78 is 5.27. The molecule has 20 heavy (non-hydrogen) atoms. The molecule has 4 N–H and O–H groups in total. The summed E-state index contributed by atoms with van der Waals surface area (Å²) in [6.45, 7) is 1.77. The molecule has 0 radical (unpaired) electrons. The summed E-state index contributed by atoms with van der Waals surface area (Å²) in [5, 5.41) is 13.0. The van der Waals surface area contributed by atoms with Crippen LogP contribution in [0.3, 0.4) is 0 Å². The lowest BCUT2D eigenvalue weighted by Gasteiger charge is -2.05. The van der Waals surface area contributed by atoms with Crippen LogP contribution in [0.4, 0.5) is 0 Å². The van der Waals surface area contributed by atoms with Crippen molar-refractivity contribution in [3.05, 3.63) is 26.6 Å². The number of carbonyl (C=O) groups is 2. The van der Waals surface area contributed by atoms with E-state index in [9.17, 15) is 14.7 Å². The molecule has 9 heteroatoms. The lowest BCUT2D eigenvalue weighted by Crippen LogP contribution is -2.30. The van der Waals surface area contributed by atoms with Gasteiger partial charge in [0.15, 0.2) is 0 Å². The fourth-order valence-corrected chi connectivity index (χ4v) is 2.31. The second-order valence-electron chi connectivity index (χ2n) is 3.45. The summed E-state index contributed by atoms with van der Waals surface area (Å²) in [5.74, 6) is -1.91. The number of amidine groups is 1. The highest BCUT2D eigenvalue weighted by Gasteiger charge is 2.13. The number of phenolic OH excluding ortho intramolecular Hbond substituents is 1. The Hall–Kier alpha value is -1.61. The second-order valence-corrected chi connectivity index (χ2v) is 5.16. The SMILES string of the molecule is CCOC(=O)/C(N)=N\NC(=O)c1cc(Br)c(O)c(Br)c1. The average molecular weight is 409 g/mol. The third-order valence-corrected chi connectivity index (χ3v) is 3.25. The number of nitrogens with one attached hydrogen (secondary N) is 1. The lowest BCUT2D eigenvalue weighted by molar-refractivity contribution is -0.135. The minimum Gasteiger partial charge on any atom is -0.506 e. The highest BCUT2D eigenvalue weighted by Crippen LogP contribution is 2.33. The van der Waals surface area contributed by atoms with Crippen molar-refractivity contribution in [1.29, 1.82) is 0 Å². The Morgan fingerprint density at radius 2 is 1.95 bits per heavy atom. The maximum absolute atomic E-state index is 11.8. The van der Waals surface area contributed by atoms with Gasteiger partial charge in [-0.05, 0) is 50.9 Å². The zero-order valence-corrected chi connectivity index (χ0v) is 13.5. The van der Waals surface area contributed by atoms with E-state index in [1.165, 1.54) is 12.1 Å². The number of nitrogens with two attached hydrogens (primary N) is 1. The lowest BCUT2D eigenvalue weighted by atomic mass is 10.2. The molecule has 0 heterocycles. The van der Waals surface area contributed by atoms with Crippen LogP contribution in [-0.2, 0) is 9.53 Å². The van der Waals surface area contributed by atoms with Crippen molar-refractivity contribution in [2.45, 2.75) is 6.92 Å². The van der Waals surface area contributed by atoms with Crippen molar-refractivity contribution in [2.75, 3.05) is 6.61 Å². The van der Waals surface area contributed by atoms with Crippen LogP contribution < -0.4 is 11.2 Å². The quantitative estimate of drug-likeness (QED) is 0.303. The zero-order chi connectivity index (χ0) is 15.3. The first-order valence-electron chi connectivity index (χ1n) is 5.35. The van der Waals surface area contributed by atoms with Crippen molar-refractivity contribution in [2.24, 2.45) is 10.8 Å². The molecule has 108 valence electrons. The van der Waals surface area contributed by atoms with Crippen LogP contribution in [0.5, 0.6) is 5.75 Å². The van der Waals surface area contributed by atoms with Gasteiger partial charge in [-0.25, -0.2) is 10.2 Å². The topological polar surface area (TPSA) is 114 Å². The first-order chi connectivity index (χ1) is 9.36. The summed E-state index contributed by atoms with van der Waals surface area (Å²) in [4.78, 5) is 23.0. The molecule has 0 bridgehead atoms. The monoisotopic (exact) mass is 407 g/mol. The number of amides is 1. The molecule has 0 aliphatic rings. The molecule has 0 saturated heterocycles. The van der Waals surface area contributed by atoms with E-state index in [-0.39, 0.29) is 17.9 Å². The fourth-order valence-electron chi connectivity index (χ4n) is 1.12. The van der Waals surface area contributed by atoms with Crippen LogP contribution in [0.1, 0.15) is 17.3 Å². The van der Waals surface area contributed by atoms with Crippen LogP contribution in [0.15, 0.2) is 26.2 Å². The summed E-state index contributed by atoms with van der Waals surface area (Å²) >= 11 is 6.19. The molecule has 0 fully saturated rings. The van der Waals surface area contributed by atoms with Crippen molar-refractivity contribution >= 4 is 49.6 Å². The molecule has 1 amide bonds. The van der Waals surface area contributed by atoms with E-state index >= 15 is 0 Å². The number of nitrogens with zero attached hydrogens (tertiary/aromatic N) is 1. The van der Waals surface area contributed by atoms with Crippen LogP contribution in [0, 0.1) is 0 Å². The number of carbonyl (C=O) groups excluding carboxylic acids is 2. The Bertz CT molecular complexity index is 552. The smallest absolute Gasteiger partial charge is 0.375 e. The van der Waals surface area contributed by atoms with Crippen LogP contribution in [-0.4, -0.2) is 29.4 Å². The van der Waals surface area contributed by atoms with Gasteiger partial charge in [0.25, 0.3) is 5.91 Å². The number of halogens is 2. The van der Waals surface area contributed by atoms with Gasteiger partial charge in [0.2, 0.25) is 5.84 Å². The van der Waals surface area contributed by atoms with Crippen LogP contribution in [0.2, 0.25) is 0 Å². The summed E-state index contributed by atoms with van der Waals surface area (Å²) in [7, 11) is 0. The second kappa shape index (κ2) is 7.25. The number of hydrazone groups is 1. The molecule has 0 aliphatic carbocycles. The van der Waals surface area contributed by atoms with Crippen LogP contribution >= 0.6 is 31.9 Å². The van der Waals surface area contributed by atoms with Gasteiger partial charge in [-0.2, -0.15) is 0 Å². The largest absolute Gasteiger partial charge is 0.506 e. The van der Waals surface area contributed by atoms with E-state index in [0.717, 1.165) is 0 Å². The normalized spacial score (nSPS) is 11.1. The maximum atomic E-state index is 11.8. The number of phenols is 1. The Kier molecular flexibility index (Phi) is 5.96. The molecule has 0 spiro atoms. The molecule has 1 rings (SSSR count). The number of hydrogen-bond donors (Lipinski definition) is 3. The molecule has 1 aromatic carbocycles. The number of esters is 1. The summed E-state index contributed by atoms with van der Waals surface area (Å²) in [5.41, 5.74) is 7.64. The van der Waals surface area contributed by atoms with Crippen molar-refractivity contribution in [3.8, 4) is 5.75 Å². The zero-order valence-electron chi connectivity index (χ0n) is 10.3. The number of aromatic hydroxyl groups is 1. The Morgan fingerprint density at radius 3 is 2.45 bits per heavy atom. The van der Waals surface area contributed by atoms with E-state index in [1.54, 1.807) is 6.92 Å². The Labute approximate surface area is 131 Å². The number of hydrogen-bond acceptors (Lipinski definition) is 5. The van der Waals surface area contributed by atoms with Gasteiger partial charge in [0.05, 0.1) is 15.6 Å². The first kappa shape index (κ1) is 16.4. The molecule has 0 saturated carbocycles. The van der Waals surface area contributed by atoms with Crippen molar-refractivity contribution in [1.82, 2.24) is 5.43 Å². The van der Waals surface area contributed by atoms with Gasteiger partial charge in [-0.1, -0.05) is 0 Å². The van der Waals surface area contributed by atoms with Gasteiger partial charge in [-0.15, -0.1) is 5.10 Å². The van der Waals surface area contributed by atoms with Crippen molar-refractivity contribution in [3.63, 3.8) is 0 Å². The van der Waals surface area contributed by atoms with Crippen molar-refractivity contribution < 1.29 is 19.4 Å². The minimum atomic E-state index is -0.819. The third kappa shape index (κ3) is 4.20. The Morgan fingerprint density at radius 1 is 1.40 bits per heavy atom. The molecular weight excluding hydrogens is 398 g/mol. The molecule has 0 aromatic heterocycles. The predicted molar refractivity (Wildman–Crippen MR) is 79.2 cm³/mol. The van der Waals surface area contributed by atoms with Crippen LogP contribution in [0.25, 0.3) is 0 Å². The number of ether oxygens (including phenoxy) is 1. The maximum Gasteiger partial charge on any atom is 0.375 e. The summed E-state index contributed by atoms with van der Waals surface area (Å²) in [6, 6.07) is 2.79. The van der Waals surface area contributed by atoms with E-state index in [2.05, 4.69) is 47.1 Å². The van der Waals surface area contributed by atoms with Gasteiger partial charge in [0.1, 0.15) is 5.75 Å².